The second-order valence-corrected chi connectivity index (χ2v) is 9.94. The fraction of sp³-hybridized carbons (Fsp3) is 0.643. The molecule has 0 spiro atoms. The van der Waals surface area contributed by atoms with E-state index in [0.717, 1.165) is 18.6 Å². The molecule has 0 aliphatic rings. The van der Waals surface area contributed by atoms with Crippen molar-refractivity contribution in [3.63, 3.8) is 0 Å². The Balaban J connectivity index is 1.65. The molecule has 31 heavy (non-hydrogen) atoms. The first-order chi connectivity index (χ1) is 15.2. The Bertz CT molecular complexity index is 679. The van der Waals surface area contributed by atoms with Crippen molar-refractivity contribution in [3.8, 4) is 16.2 Å². The molecule has 1 unspecified atom stereocenters. The topological polar surface area (TPSA) is 9.23 Å². The number of alkyl halides is 1. The van der Waals surface area contributed by atoms with Crippen LogP contribution in [0, 0.1) is 0 Å². The lowest BCUT2D eigenvalue weighted by molar-refractivity contribution is 0.184. The van der Waals surface area contributed by atoms with Crippen LogP contribution in [0.1, 0.15) is 102 Å². The summed E-state index contributed by atoms with van der Waals surface area (Å²) in [6.07, 6.45) is 16.3. The predicted molar refractivity (Wildman–Crippen MR) is 135 cm³/mol. The zero-order valence-corrected chi connectivity index (χ0v) is 20.7. The van der Waals surface area contributed by atoms with Crippen molar-refractivity contribution in [1.82, 2.24) is 0 Å². The fourth-order valence-electron chi connectivity index (χ4n) is 3.88. The fourth-order valence-corrected chi connectivity index (χ4v) is 4.93. The van der Waals surface area contributed by atoms with Gasteiger partial charge in [-0.15, -0.1) is 11.3 Å². The Morgan fingerprint density at radius 1 is 0.742 bits per heavy atom. The molecule has 1 aromatic heterocycles. The second-order valence-electron chi connectivity index (χ2n) is 8.77. The van der Waals surface area contributed by atoms with Crippen LogP contribution in [0.15, 0.2) is 36.4 Å². The van der Waals surface area contributed by atoms with Gasteiger partial charge in [0.15, 0.2) is 0 Å². The van der Waals surface area contributed by atoms with Crippen LogP contribution in [0.5, 0.6) is 5.75 Å². The minimum absolute atomic E-state index is 0.160. The zero-order chi connectivity index (χ0) is 22.2. The Kier molecular flexibility index (Phi) is 13.6. The van der Waals surface area contributed by atoms with Gasteiger partial charge in [-0.1, -0.05) is 84.5 Å². The number of hydrogen-bond acceptors (Lipinski definition) is 2. The Hall–Kier alpha value is -1.35. The van der Waals surface area contributed by atoms with Crippen LogP contribution in [0.25, 0.3) is 10.4 Å². The van der Waals surface area contributed by atoms with E-state index in [9.17, 15) is 4.39 Å². The average molecular weight is 447 g/mol. The number of rotatable bonds is 18. The smallest absolute Gasteiger partial charge is 0.134 e. The van der Waals surface area contributed by atoms with Crippen LogP contribution in [-0.2, 0) is 6.42 Å². The number of halogens is 1. The highest BCUT2D eigenvalue weighted by molar-refractivity contribution is 7.15. The summed E-state index contributed by atoms with van der Waals surface area (Å²) >= 11 is 1.90. The van der Waals surface area contributed by atoms with Gasteiger partial charge < -0.3 is 4.74 Å². The van der Waals surface area contributed by atoms with Crippen LogP contribution < -0.4 is 4.74 Å². The van der Waals surface area contributed by atoms with Gasteiger partial charge >= 0.3 is 0 Å². The highest BCUT2D eigenvalue weighted by atomic mass is 32.1. The van der Waals surface area contributed by atoms with Crippen molar-refractivity contribution in [2.75, 3.05) is 6.61 Å². The molecule has 0 bridgehead atoms. The molecular weight excluding hydrogens is 403 g/mol. The quantitative estimate of drug-likeness (QED) is 0.207. The SMILES string of the molecule is CCCCCCCCCCc1ccc(-c2ccc(OCC(F)CCCCCC)cc2)s1. The van der Waals surface area contributed by atoms with Crippen molar-refractivity contribution < 1.29 is 9.13 Å². The summed E-state index contributed by atoms with van der Waals surface area (Å²) in [7, 11) is 0. The minimum Gasteiger partial charge on any atom is -0.491 e. The molecule has 2 rings (SSSR count). The molecule has 1 nitrogen and oxygen atoms in total. The molecule has 1 atom stereocenters. The van der Waals surface area contributed by atoms with Crippen molar-refractivity contribution in [1.29, 1.82) is 0 Å². The minimum atomic E-state index is -0.868. The van der Waals surface area contributed by atoms with Crippen LogP contribution >= 0.6 is 11.3 Å². The molecule has 174 valence electrons. The lowest BCUT2D eigenvalue weighted by Gasteiger charge is -2.10. The van der Waals surface area contributed by atoms with E-state index in [2.05, 4.69) is 38.1 Å². The monoisotopic (exact) mass is 446 g/mol. The third-order valence-corrected chi connectivity index (χ3v) is 7.07. The first-order valence-electron chi connectivity index (χ1n) is 12.7. The maximum atomic E-state index is 14.0. The molecule has 3 heteroatoms. The van der Waals surface area contributed by atoms with Crippen LogP contribution in [0.2, 0.25) is 0 Å². The number of thiophene rings is 1. The molecule has 0 N–H and O–H groups in total. The number of benzene rings is 1. The van der Waals surface area contributed by atoms with Crippen molar-refractivity contribution >= 4 is 11.3 Å². The summed E-state index contributed by atoms with van der Waals surface area (Å²) < 4.78 is 19.6. The van der Waals surface area contributed by atoms with E-state index in [-0.39, 0.29) is 6.61 Å². The van der Waals surface area contributed by atoms with Gasteiger partial charge in [0.25, 0.3) is 0 Å². The van der Waals surface area contributed by atoms with E-state index in [4.69, 9.17) is 4.74 Å². The van der Waals surface area contributed by atoms with E-state index >= 15 is 0 Å². The van der Waals surface area contributed by atoms with Gasteiger partial charge in [0, 0.05) is 9.75 Å². The van der Waals surface area contributed by atoms with Crippen molar-refractivity contribution in [2.24, 2.45) is 0 Å². The van der Waals surface area contributed by atoms with Gasteiger partial charge in [-0.2, -0.15) is 0 Å². The Morgan fingerprint density at radius 3 is 2.03 bits per heavy atom. The molecule has 1 aromatic carbocycles. The molecule has 0 fully saturated rings. The molecule has 0 saturated carbocycles. The van der Waals surface area contributed by atoms with Gasteiger partial charge in [-0.3, -0.25) is 0 Å². The number of unbranched alkanes of at least 4 members (excludes halogenated alkanes) is 10. The molecule has 0 radical (unpaired) electrons. The van der Waals surface area contributed by atoms with Gasteiger partial charge in [0.2, 0.25) is 0 Å². The van der Waals surface area contributed by atoms with Gasteiger partial charge in [0.05, 0.1) is 0 Å². The highest BCUT2D eigenvalue weighted by Gasteiger charge is 2.08. The summed E-state index contributed by atoms with van der Waals surface area (Å²) in [5.74, 6) is 0.760. The third-order valence-electron chi connectivity index (χ3n) is 5.88. The molecular formula is C28H43FOS. The first kappa shape index (κ1) is 25.9. The van der Waals surface area contributed by atoms with Crippen LogP contribution in [0.3, 0.4) is 0 Å². The zero-order valence-electron chi connectivity index (χ0n) is 19.8. The molecule has 0 aliphatic carbocycles. The summed E-state index contributed by atoms with van der Waals surface area (Å²) in [6.45, 7) is 4.61. The maximum absolute atomic E-state index is 14.0. The molecule has 0 saturated heterocycles. The van der Waals surface area contributed by atoms with Crippen LogP contribution in [-0.4, -0.2) is 12.8 Å². The van der Waals surface area contributed by atoms with Gasteiger partial charge in [-0.25, -0.2) is 4.39 Å². The van der Waals surface area contributed by atoms with Crippen molar-refractivity contribution in [3.05, 3.63) is 41.3 Å². The standard InChI is InChI=1S/C28H43FOS/c1-3-5-7-9-10-11-12-14-16-27-21-22-28(31-27)24-17-19-26(20-18-24)30-23-25(29)15-13-8-6-4-2/h17-22,25H,3-16,23H2,1-2H3. The van der Waals surface area contributed by atoms with E-state index in [0.29, 0.717) is 6.42 Å². The molecule has 1 heterocycles. The third kappa shape index (κ3) is 11.2. The predicted octanol–water partition coefficient (Wildman–Crippen LogP) is 9.79. The van der Waals surface area contributed by atoms with E-state index < -0.39 is 6.17 Å². The second kappa shape index (κ2) is 16.3. The number of aryl methyl sites for hydroxylation is 1. The molecule has 0 amide bonds. The van der Waals surface area contributed by atoms with Gasteiger partial charge in [-0.05, 0) is 61.2 Å². The van der Waals surface area contributed by atoms with Gasteiger partial charge in [0.1, 0.15) is 18.5 Å². The first-order valence-corrected chi connectivity index (χ1v) is 13.5. The Labute approximate surface area is 194 Å². The number of ether oxygens (including phenoxy) is 1. The Morgan fingerprint density at radius 2 is 1.35 bits per heavy atom. The summed E-state index contributed by atoms with van der Waals surface area (Å²) in [4.78, 5) is 2.78. The van der Waals surface area contributed by atoms with E-state index in [1.54, 1.807) is 0 Å². The summed E-state index contributed by atoms with van der Waals surface area (Å²) in [6, 6.07) is 12.6. The number of hydrogen-bond donors (Lipinski definition) is 0. The van der Waals surface area contributed by atoms with Crippen LogP contribution in [0.4, 0.5) is 4.39 Å². The molecule has 2 aromatic rings. The summed E-state index contributed by atoms with van der Waals surface area (Å²) in [5.41, 5.74) is 1.22. The summed E-state index contributed by atoms with van der Waals surface area (Å²) in [5, 5.41) is 0. The lowest BCUT2D eigenvalue weighted by Crippen LogP contribution is -2.12. The van der Waals surface area contributed by atoms with E-state index in [1.165, 1.54) is 85.9 Å². The largest absolute Gasteiger partial charge is 0.491 e. The highest BCUT2D eigenvalue weighted by Crippen LogP contribution is 2.30. The average Bonchev–Trinajstić information content (AvgIpc) is 3.26. The van der Waals surface area contributed by atoms with E-state index in [1.807, 2.05) is 23.5 Å². The molecule has 0 aliphatic heterocycles. The maximum Gasteiger partial charge on any atom is 0.134 e. The van der Waals surface area contributed by atoms with Crippen molar-refractivity contribution in [2.45, 2.75) is 110 Å². The normalized spacial score (nSPS) is 12.2. The lowest BCUT2D eigenvalue weighted by atomic mass is 10.1.